The van der Waals surface area contributed by atoms with Crippen LogP contribution in [0.3, 0.4) is 0 Å². The summed E-state index contributed by atoms with van der Waals surface area (Å²) in [6.45, 7) is 6.38. The van der Waals surface area contributed by atoms with Gasteiger partial charge in [-0.2, -0.15) is 0 Å². The third kappa shape index (κ3) is 3.48. The second-order valence-corrected chi connectivity index (χ2v) is 6.10. The Morgan fingerprint density at radius 1 is 1.50 bits per heavy atom. The number of aromatic nitrogens is 1. The van der Waals surface area contributed by atoms with E-state index < -0.39 is 0 Å². The molecule has 1 aliphatic heterocycles. The minimum absolute atomic E-state index is 0.274. The number of nitrogens with zero attached hydrogens (tertiary/aromatic N) is 2. The Hall–Kier alpha value is -0.710. The zero-order chi connectivity index (χ0) is 14.7. The van der Waals surface area contributed by atoms with Gasteiger partial charge in [0, 0.05) is 25.6 Å². The van der Waals surface area contributed by atoms with Gasteiger partial charge in [0.25, 0.3) is 0 Å². The van der Waals surface area contributed by atoms with Gasteiger partial charge in [0.2, 0.25) is 0 Å². The molecular formula is C14H21Cl2N3O. The summed E-state index contributed by atoms with van der Waals surface area (Å²) in [7, 11) is 0. The molecular weight excluding hydrogens is 297 g/mol. The van der Waals surface area contributed by atoms with E-state index >= 15 is 0 Å². The molecule has 1 fully saturated rings. The first-order chi connectivity index (χ1) is 9.52. The van der Waals surface area contributed by atoms with Gasteiger partial charge in [0.05, 0.1) is 16.1 Å². The maximum atomic E-state index is 9.69. The zero-order valence-electron chi connectivity index (χ0n) is 11.9. The van der Waals surface area contributed by atoms with Gasteiger partial charge in [-0.1, -0.05) is 30.1 Å². The van der Waals surface area contributed by atoms with E-state index in [2.05, 4.69) is 22.1 Å². The molecule has 1 aliphatic rings. The minimum Gasteiger partial charge on any atom is -0.393 e. The molecule has 0 amide bonds. The lowest BCUT2D eigenvalue weighted by atomic mass is 10.0. The number of pyridine rings is 1. The molecule has 2 unspecified atom stereocenters. The molecule has 1 aromatic rings. The molecule has 0 aliphatic carbocycles. The molecule has 2 heterocycles. The van der Waals surface area contributed by atoms with E-state index in [1.165, 1.54) is 0 Å². The van der Waals surface area contributed by atoms with E-state index in [1.807, 2.05) is 6.92 Å². The van der Waals surface area contributed by atoms with Crippen LogP contribution in [0.1, 0.15) is 26.7 Å². The fraction of sp³-hybridized carbons (Fsp3) is 0.643. The lowest BCUT2D eigenvalue weighted by molar-refractivity contribution is 0.136. The van der Waals surface area contributed by atoms with Gasteiger partial charge in [0.1, 0.15) is 11.6 Å². The smallest absolute Gasteiger partial charge is 0.149 e. The molecule has 0 aromatic carbocycles. The Morgan fingerprint density at radius 2 is 2.25 bits per heavy atom. The Balaban J connectivity index is 2.19. The van der Waals surface area contributed by atoms with E-state index in [0.717, 1.165) is 38.3 Å². The van der Waals surface area contributed by atoms with Crippen LogP contribution in [0.2, 0.25) is 10.0 Å². The normalized spacial score (nSPS) is 20.2. The zero-order valence-corrected chi connectivity index (χ0v) is 13.4. The number of halogens is 2. The van der Waals surface area contributed by atoms with E-state index in [0.29, 0.717) is 15.9 Å². The number of nitrogens with one attached hydrogen (secondary N) is 1. The number of aliphatic hydroxyl groups is 1. The fourth-order valence-corrected chi connectivity index (χ4v) is 2.96. The standard InChI is InChI=1S/C14H21Cl2N3O/c1-3-5-17-13-11(15)7-12(16)14(18-13)19-6-4-10(8-19)9(2)20/h7,9-10,20H,3-6,8H2,1-2H3,(H,17,18). The molecule has 0 spiro atoms. The second kappa shape index (κ2) is 6.83. The lowest BCUT2D eigenvalue weighted by Gasteiger charge is -2.21. The first kappa shape index (κ1) is 15.7. The molecule has 0 bridgehead atoms. The molecule has 20 heavy (non-hydrogen) atoms. The Labute approximate surface area is 130 Å². The minimum atomic E-state index is -0.302. The van der Waals surface area contributed by atoms with Crippen molar-refractivity contribution in [2.45, 2.75) is 32.8 Å². The molecule has 0 radical (unpaired) electrons. The number of rotatable bonds is 5. The maximum absolute atomic E-state index is 9.69. The SMILES string of the molecule is CCCNc1nc(N2CCC(C(C)O)C2)c(Cl)cc1Cl. The average molecular weight is 318 g/mol. The Morgan fingerprint density at radius 3 is 2.85 bits per heavy atom. The van der Waals surface area contributed by atoms with E-state index in [1.54, 1.807) is 6.07 Å². The number of hydrogen-bond donors (Lipinski definition) is 2. The summed E-state index contributed by atoms with van der Waals surface area (Å²) in [4.78, 5) is 6.67. The number of anilines is 2. The summed E-state index contributed by atoms with van der Waals surface area (Å²) in [5.74, 6) is 1.70. The van der Waals surface area contributed by atoms with Crippen LogP contribution in [0.4, 0.5) is 11.6 Å². The van der Waals surface area contributed by atoms with Gasteiger partial charge in [-0.15, -0.1) is 0 Å². The highest BCUT2D eigenvalue weighted by molar-refractivity contribution is 6.37. The largest absolute Gasteiger partial charge is 0.393 e. The van der Waals surface area contributed by atoms with Crippen LogP contribution in [-0.4, -0.2) is 35.8 Å². The van der Waals surface area contributed by atoms with Crippen molar-refractivity contribution < 1.29 is 5.11 Å². The van der Waals surface area contributed by atoms with Crippen LogP contribution in [-0.2, 0) is 0 Å². The molecule has 2 N–H and O–H groups in total. The summed E-state index contributed by atoms with van der Waals surface area (Å²) in [5, 5.41) is 14.0. The molecule has 112 valence electrons. The Kier molecular flexibility index (Phi) is 5.35. The third-order valence-electron chi connectivity index (χ3n) is 3.66. The predicted molar refractivity (Wildman–Crippen MR) is 85.0 cm³/mol. The average Bonchev–Trinajstić information content (AvgIpc) is 2.87. The van der Waals surface area contributed by atoms with Crippen molar-refractivity contribution in [1.82, 2.24) is 4.98 Å². The van der Waals surface area contributed by atoms with Crippen LogP contribution in [0.15, 0.2) is 6.07 Å². The monoisotopic (exact) mass is 317 g/mol. The van der Waals surface area contributed by atoms with E-state index in [4.69, 9.17) is 23.2 Å². The van der Waals surface area contributed by atoms with E-state index in [-0.39, 0.29) is 12.0 Å². The highest BCUT2D eigenvalue weighted by atomic mass is 35.5. The van der Waals surface area contributed by atoms with Gasteiger partial charge in [0.15, 0.2) is 0 Å². The van der Waals surface area contributed by atoms with Crippen LogP contribution in [0.5, 0.6) is 0 Å². The molecule has 4 nitrogen and oxygen atoms in total. The van der Waals surface area contributed by atoms with Gasteiger partial charge in [-0.25, -0.2) is 4.98 Å². The van der Waals surface area contributed by atoms with Crippen LogP contribution in [0.25, 0.3) is 0 Å². The summed E-state index contributed by atoms with van der Waals surface area (Å²) in [5.41, 5.74) is 0. The van der Waals surface area contributed by atoms with Gasteiger partial charge >= 0.3 is 0 Å². The van der Waals surface area contributed by atoms with Gasteiger partial charge in [-0.05, 0) is 25.8 Å². The molecule has 1 saturated heterocycles. The molecule has 2 atom stereocenters. The van der Waals surface area contributed by atoms with Crippen molar-refractivity contribution >= 4 is 34.8 Å². The van der Waals surface area contributed by atoms with Crippen molar-refractivity contribution in [3.05, 3.63) is 16.1 Å². The maximum Gasteiger partial charge on any atom is 0.149 e. The quantitative estimate of drug-likeness (QED) is 0.873. The van der Waals surface area contributed by atoms with Gasteiger partial charge < -0.3 is 15.3 Å². The Bertz CT molecular complexity index is 468. The van der Waals surface area contributed by atoms with Crippen LogP contribution in [0, 0.1) is 5.92 Å². The van der Waals surface area contributed by atoms with Gasteiger partial charge in [-0.3, -0.25) is 0 Å². The number of hydrogen-bond acceptors (Lipinski definition) is 4. The molecule has 6 heteroatoms. The fourth-order valence-electron chi connectivity index (χ4n) is 2.42. The second-order valence-electron chi connectivity index (χ2n) is 5.29. The predicted octanol–water partition coefficient (Wildman–Crippen LogP) is 3.42. The van der Waals surface area contributed by atoms with E-state index in [9.17, 15) is 5.11 Å². The van der Waals surface area contributed by atoms with Crippen molar-refractivity contribution in [1.29, 1.82) is 0 Å². The summed E-state index contributed by atoms with van der Waals surface area (Å²) >= 11 is 12.4. The van der Waals surface area contributed by atoms with Crippen molar-refractivity contribution in [2.75, 3.05) is 29.9 Å². The first-order valence-corrected chi connectivity index (χ1v) is 7.81. The topological polar surface area (TPSA) is 48.4 Å². The molecule has 0 saturated carbocycles. The summed E-state index contributed by atoms with van der Waals surface area (Å²) in [6.07, 6.45) is 1.66. The van der Waals surface area contributed by atoms with Crippen molar-refractivity contribution in [3.8, 4) is 0 Å². The number of aliphatic hydroxyl groups excluding tert-OH is 1. The summed E-state index contributed by atoms with van der Waals surface area (Å²) in [6, 6.07) is 1.74. The van der Waals surface area contributed by atoms with Crippen molar-refractivity contribution in [2.24, 2.45) is 5.92 Å². The molecule has 2 rings (SSSR count). The lowest BCUT2D eigenvalue weighted by Crippen LogP contribution is -2.25. The van der Waals surface area contributed by atoms with Crippen LogP contribution >= 0.6 is 23.2 Å². The molecule has 1 aromatic heterocycles. The highest BCUT2D eigenvalue weighted by Gasteiger charge is 2.28. The highest BCUT2D eigenvalue weighted by Crippen LogP contribution is 2.34. The first-order valence-electron chi connectivity index (χ1n) is 7.05. The summed E-state index contributed by atoms with van der Waals surface area (Å²) < 4.78 is 0. The third-order valence-corrected chi connectivity index (χ3v) is 4.23. The van der Waals surface area contributed by atoms with Crippen LogP contribution < -0.4 is 10.2 Å². The van der Waals surface area contributed by atoms with Crippen molar-refractivity contribution in [3.63, 3.8) is 0 Å².